The Morgan fingerprint density at radius 1 is 1.38 bits per heavy atom. The van der Waals surface area contributed by atoms with Crippen LogP contribution in [0.3, 0.4) is 0 Å². The highest BCUT2D eigenvalue weighted by Gasteiger charge is 2.17. The van der Waals surface area contributed by atoms with E-state index in [0.29, 0.717) is 18.5 Å². The molecule has 1 aromatic carbocycles. The number of morpholine rings is 1. The molecule has 1 atom stereocenters. The van der Waals surface area contributed by atoms with Gasteiger partial charge in [0.25, 0.3) is 0 Å². The van der Waals surface area contributed by atoms with Crippen LogP contribution in [0.2, 0.25) is 0 Å². The summed E-state index contributed by atoms with van der Waals surface area (Å²) in [5.41, 5.74) is 0.544. The molecule has 0 aromatic heterocycles. The molecule has 1 N–H and O–H groups in total. The van der Waals surface area contributed by atoms with Gasteiger partial charge in [0.15, 0.2) is 0 Å². The van der Waals surface area contributed by atoms with Crippen LogP contribution in [0.4, 0.5) is 4.39 Å². The summed E-state index contributed by atoms with van der Waals surface area (Å²) < 4.78 is 18.8. The van der Waals surface area contributed by atoms with E-state index in [-0.39, 0.29) is 11.7 Å². The van der Waals surface area contributed by atoms with E-state index in [2.05, 4.69) is 26.1 Å². The fraction of sp³-hybridized carbons (Fsp3) is 0.533. The number of nitrogens with one attached hydrogen (secondary N) is 1. The highest BCUT2D eigenvalue weighted by atomic mass is 79.9. The van der Waals surface area contributed by atoms with Crippen molar-refractivity contribution in [1.29, 1.82) is 0 Å². The number of hydrogen-bond acceptors (Lipinski definition) is 3. The van der Waals surface area contributed by atoms with Crippen LogP contribution >= 0.6 is 15.9 Å². The third-order valence-corrected chi connectivity index (χ3v) is 4.21. The number of alkyl halides is 1. The molecule has 0 saturated carbocycles. The van der Waals surface area contributed by atoms with E-state index >= 15 is 0 Å². The van der Waals surface area contributed by atoms with Crippen LogP contribution in [0, 0.1) is 5.82 Å². The summed E-state index contributed by atoms with van der Waals surface area (Å²) in [6.07, 6.45) is 0.343. The lowest BCUT2D eigenvalue weighted by Gasteiger charge is -2.26. The fourth-order valence-corrected chi connectivity index (χ4v) is 2.73. The minimum atomic E-state index is -0.418. The first-order valence-electron chi connectivity index (χ1n) is 7.12. The zero-order valence-electron chi connectivity index (χ0n) is 11.9. The molecule has 0 aliphatic carbocycles. The van der Waals surface area contributed by atoms with Gasteiger partial charge in [0, 0.05) is 26.2 Å². The molecule has 1 aromatic rings. The average molecular weight is 359 g/mol. The Morgan fingerprint density at radius 3 is 2.81 bits per heavy atom. The molecule has 0 bridgehead atoms. The van der Waals surface area contributed by atoms with Crippen molar-refractivity contribution in [2.24, 2.45) is 0 Å². The van der Waals surface area contributed by atoms with Gasteiger partial charge >= 0.3 is 0 Å². The first-order valence-corrected chi connectivity index (χ1v) is 8.03. The molecule has 1 heterocycles. The molecule has 2 rings (SSSR count). The SMILES string of the molecule is O=C(NCCN1CCOCC1)C(Br)Cc1ccccc1F. The number of halogens is 2. The molecule has 21 heavy (non-hydrogen) atoms. The topological polar surface area (TPSA) is 41.6 Å². The van der Waals surface area contributed by atoms with Crippen LogP contribution in [-0.2, 0) is 16.0 Å². The zero-order valence-corrected chi connectivity index (χ0v) is 13.4. The molecule has 6 heteroatoms. The van der Waals surface area contributed by atoms with Gasteiger partial charge in [0.2, 0.25) is 5.91 Å². The molecule has 116 valence electrons. The first-order chi connectivity index (χ1) is 10.2. The van der Waals surface area contributed by atoms with Gasteiger partial charge in [0.1, 0.15) is 5.82 Å². The van der Waals surface area contributed by atoms with Crippen molar-refractivity contribution < 1.29 is 13.9 Å². The number of amides is 1. The predicted octanol–water partition coefficient (Wildman–Crippen LogP) is 1.58. The largest absolute Gasteiger partial charge is 0.379 e. The average Bonchev–Trinajstić information content (AvgIpc) is 2.50. The molecule has 0 spiro atoms. The van der Waals surface area contributed by atoms with Gasteiger partial charge in [-0.2, -0.15) is 0 Å². The quantitative estimate of drug-likeness (QED) is 0.785. The number of rotatable bonds is 6. The number of benzene rings is 1. The molecular formula is C15H20BrFN2O2. The summed E-state index contributed by atoms with van der Waals surface area (Å²) in [7, 11) is 0. The van der Waals surface area contributed by atoms with Crippen molar-refractivity contribution >= 4 is 21.8 Å². The minimum Gasteiger partial charge on any atom is -0.379 e. The third kappa shape index (κ3) is 5.37. The third-order valence-electron chi connectivity index (χ3n) is 3.47. The Kier molecular flexibility index (Phi) is 6.60. The summed E-state index contributed by atoms with van der Waals surface area (Å²) >= 11 is 3.33. The molecule has 1 aliphatic heterocycles. The van der Waals surface area contributed by atoms with Crippen molar-refractivity contribution in [3.05, 3.63) is 35.6 Å². The van der Waals surface area contributed by atoms with Crippen LogP contribution in [0.25, 0.3) is 0 Å². The Labute approximate surface area is 132 Å². The summed E-state index contributed by atoms with van der Waals surface area (Å²) in [6, 6.07) is 6.52. The van der Waals surface area contributed by atoms with E-state index in [1.54, 1.807) is 18.2 Å². The Bertz CT molecular complexity index is 467. The van der Waals surface area contributed by atoms with Crippen LogP contribution in [0.5, 0.6) is 0 Å². The molecule has 1 fully saturated rings. The Morgan fingerprint density at radius 2 is 2.10 bits per heavy atom. The van der Waals surface area contributed by atoms with Gasteiger partial charge in [-0.1, -0.05) is 34.1 Å². The maximum Gasteiger partial charge on any atom is 0.234 e. The summed E-state index contributed by atoms with van der Waals surface area (Å²) in [6.45, 7) is 4.73. The van der Waals surface area contributed by atoms with Crippen molar-refractivity contribution in [2.45, 2.75) is 11.2 Å². The normalized spacial score (nSPS) is 17.4. The molecule has 1 saturated heterocycles. The highest BCUT2D eigenvalue weighted by Crippen LogP contribution is 2.13. The Balaban J connectivity index is 1.71. The van der Waals surface area contributed by atoms with Crippen molar-refractivity contribution in [2.75, 3.05) is 39.4 Å². The molecule has 1 unspecified atom stereocenters. The summed E-state index contributed by atoms with van der Waals surface area (Å²) in [4.78, 5) is 13.8. The number of ether oxygens (including phenoxy) is 1. The van der Waals surface area contributed by atoms with E-state index in [0.717, 1.165) is 32.8 Å². The lowest BCUT2D eigenvalue weighted by molar-refractivity contribution is -0.120. The highest BCUT2D eigenvalue weighted by molar-refractivity contribution is 9.10. The molecule has 1 aliphatic rings. The maximum absolute atomic E-state index is 13.5. The number of nitrogens with zero attached hydrogens (tertiary/aromatic N) is 1. The Hall–Kier alpha value is -0.980. The summed E-state index contributed by atoms with van der Waals surface area (Å²) in [5, 5.41) is 2.88. The van der Waals surface area contributed by atoms with E-state index < -0.39 is 4.83 Å². The lowest BCUT2D eigenvalue weighted by atomic mass is 10.1. The van der Waals surface area contributed by atoms with Crippen LogP contribution in [0.1, 0.15) is 5.56 Å². The van der Waals surface area contributed by atoms with Crippen molar-refractivity contribution in [3.63, 3.8) is 0 Å². The van der Waals surface area contributed by atoms with Crippen LogP contribution in [-0.4, -0.2) is 55.0 Å². The fourth-order valence-electron chi connectivity index (χ4n) is 2.22. The van der Waals surface area contributed by atoms with Crippen molar-refractivity contribution in [1.82, 2.24) is 10.2 Å². The van der Waals surface area contributed by atoms with E-state index in [1.165, 1.54) is 6.07 Å². The monoisotopic (exact) mass is 358 g/mol. The first kappa shape index (κ1) is 16.4. The number of carbonyl (C=O) groups excluding carboxylic acids is 1. The standard InChI is InChI=1S/C15H20BrFN2O2/c16-13(11-12-3-1-2-4-14(12)17)15(20)18-5-6-19-7-9-21-10-8-19/h1-4,13H,5-11H2,(H,18,20). The van der Waals surface area contributed by atoms with Gasteiger partial charge in [-0.3, -0.25) is 9.69 Å². The maximum atomic E-state index is 13.5. The van der Waals surface area contributed by atoms with E-state index in [4.69, 9.17) is 4.74 Å². The number of carbonyl (C=O) groups is 1. The lowest BCUT2D eigenvalue weighted by Crippen LogP contribution is -2.42. The van der Waals surface area contributed by atoms with Gasteiger partial charge in [-0.25, -0.2) is 4.39 Å². The van der Waals surface area contributed by atoms with E-state index in [9.17, 15) is 9.18 Å². The smallest absolute Gasteiger partial charge is 0.234 e. The second-order valence-electron chi connectivity index (χ2n) is 5.01. The van der Waals surface area contributed by atoms with Crippen LogP contribution in [0.15, 0.2) is 24.3 Å². The van der Waals surface area contributed by atoms with Gasteiger partial charge in [0.05, 0.1) is 18.0 Å². The zero-order chi connectivity index (χ0) is 15.1. The van der Waals surface area contributed by atoms with E-state index in [1.807, 2.05) is 0 Å². The van der Waals surface area contributed by atoms with Crippen molar-refractivity contribution in [3.8, 4) is 0 Å². The summed E-state index contributed by atoms with van der Waals surface area (Å²) in [5.74, 6) is -0.380. The second kappa shape index (κ2) is 8.46. The molecular weight excluding hydrogens is 339 g/mol. The van der Waals surface area contributed by atoms with Gasteiger partial charge < -0.3 is 10.1 Å². The van der Waals surface area contributed by atoms with Gasteiger partial charge in [-0.15, -0.1) is 0 Å². The molecule has 0 radical (unpaired) electrons. The molecule has 1 amide bonds. The van der Waals surface area contributed by atoms with Gasteiger partial charge in [-0.05, 0) is 18.1 Å². The van der Waals surface area contributed by atoms with Crippen LogP contribution < -0.4 is 5.32 Å². The second-order valence-corrected chi connectivity index (χ2v) is 6.11. The predicted molar refractivity (Wildman–Crippen MR) is 83.1 cm³/mol. The number of hydrogen-bond donors (Lipinski definition) is 1. The minimum absolute atomic E-state index is 0.105. The molecule has 4 nitrogen and oxygen atoms in total.